The number of hydrogen-bond acceptors (Lipinski definition) is 0. The van der Waals surface area contributed by atoms with Gasteiger partial charge >= 0.3 is 43.1 Å². The zero-order chi connectivity index (χ0) is 4.12. The summed E-state index contributed by atoms with van der Waals surface area (Å²) in [5.41, 5.74) is 0. The van der Waals surface area contributed by atoms with Crippen LogP contribution >= 0.6 is 9.90 Å². The largest absolute Gasteiger partial charge is 0.153 e. The molecule has 0 aromatic rings. The average molecular weight is 192 g/mol. The van der Waals surface area contributed by atoms with Gasteiger partial charge in [-0.1, -0.05) is 0 Å². The Balaban J connectivity index is 0. The third-order valence-corrected chi connectivity index (χ3v) is 1.09. The molecule has 0 amide bonds. The fourth-order valence-corrected chi connectivity index (χ4v) is 0.740. The van der Waals surface area contributed by atoms with E-state index in [4.69, 9.17) is 0 Å². The van der Waals surface area contributed by atoms with Crippen LogP contribution in [-0.2, 0) is 18.3 Å². The number of hydrogen-bond donors (Lipinski definition) is 0. The van der Waals surface area contributed by atoms with Crippen LogP contribution in [0, 0.1) is 0 Å². The normalized spacial score (nSPS) is 7.00. The van der Waals surface area contributed by atoms with E-state index in [0.29, 0.717) is 0 Å². The summed E-state index contributed by atoms with van der Waals surface area (Å²) in [5.74, 6) is 0. The van der Waals surface area contributed by atoms with Crippen LogP contribution in [0.4, 0.5) is 0 Å². The SMILES string of the molecule is CCC[CH2][Ru].P. The molecular formula is C4H12PRu. The molecule has 0 N–H and O–H groups in total. The molecule has 6 heavy (non-hydrogen) atoms. The zero-order valence-electron chi connectivity index (χ0n) is 4.18. The van der Waals surface area contributed by atoms with Gasteiger partial charge in [-0.25, -0.2) is 0 Å². The molecule has 2 heteroatoms. The summed E-state index contributed by atoms with van der Waals surface area (Å²) >= 11 is 2.62. The molecule has 0 aromatic carbocycles. The molecular weight excluding hydrogens is 180 g/mol. The van der Waals surface area contributed by atoms with E-state index in [1.54, 1.807) is 0 Å². The summed E-state index contributed by atoms with van der Waals surface area (Å²) < 4.78 is 0. The van der Waals surface area contributed by atoms with Gasteiger partial charge in [0, 0.05) is 0 Å². The Morgan fingerprint density at radius 2 is 2.00 bits per heavy atom. The molecule has 0 aliphatic heterocycles. The maximum atomic E-state index is 2.62. The van der Waals surface area contributed by atoms with Crippen LogP contribution in [0.1, 0.15) is 19.8 Å². The average Bonchev–Trinajstić information content (AvgIpc) is 1.41. The van der Waals surface area contributed by atoms with Gasteiger partial charge in [-0.15, -0.1) is 0 Å². The monoisotopic (exact) mass is 193 g/mol. The fourth-order valence-electron chi connectivity index (χ4n) is 0.125. The molecule has 0 rings (SSSR count). The van der Waals surface area contributed by atoms with Crippen molar-refractivity contribution < 1.29 is 18.3 Å². The van der Waals surface area contributed by atoms with Crippen molar-refractivity contribution in [2.45, 2.75) is 24.8 Å². The molecule has 0 saturated heterocycles. The number of unbranched alkanes of at least 4 members (excludes halogenated alkanes) is 1. The second-order valence-corrected chi connectivity index (χ2v) is 1.90. The Labute approximate surface area is 53.4 Å². The van der Waals surface area contributed by atoms with Crippen LogP contribution in [0.15, 0.2) is 0 Å². The van der Waals surface area contributed by atoms with Gasteiger partial charge in [0.2, 0.25) is 0 Å². The molecule has 0 aromatic heterocycles. The van der Waals surface area contributed by atoms with Gasteiger partial charge in [0.1, 0.15) is 0 Å². The molecule has 1 atom stereocenters. The molecule has 0 bridgehead atoms. The van der Waals surface area contributed by atoms with Crippen molar-refractivity contribution in [3.05, 3.63) is 0 Å². The first-order chi connectivity index (χ1) is 2.41. The van der Waals surface area contributed by atoms with E-state index in [-0.39, 0.29) is 9.90 Å². The van der Waals surface area contributed by atoms with Gasteiger partial charge < -0.3 is 0 Å². The summed E-state index contributed by atoms with van der Waals surface area (Å²) in [4.78, 5) is 0. The summed E-state index contributed by atoms with van der Waals surface area (Å²) in [6.45, 7) is 2.20. The third kappa shape index (κ3) is 8.91. The van der Waals surface area contributed by atoms with E-state index in [1.807, 2.05) is 0 Å². The Bertz CT molecular complexity index is 15.0. The van der Waals surface area contributed by atoms with E-state index in [9.17, 15) is 0 Å². The second kappa shape index (κ2) is 9.41. The van der Waals surface area contributed by atoms with Gasteiger partial charge in [-0.3, -0.25) is 0 Å². The van der Waals surface area contributed by atoms with Crippen molar-refractivity contribution in [2.24, 2.45) is 0 Å². The maximum Gasteiger partial charge on any atom is -0.153 e. The van der Waals surface area contributed by atoms with E-state index in [2.05, 4.69) is 25.2 Å². The molecule has 0 heterocycles. The van der Waals surface area contributed by atoms with Gasteiger partial charge in [0.05, 0.1) is 0 Å². The standard InChI is InChI=1S/C4H9.H3P.Ru/c1-3-4-2;;/h1,3-4H2,2H3;1H3;. The first kappa shape index (κ1) is 10.1. The van der Waals surface area contributed by atoms with E-state index in [0.717, 1.165) is 0 Å². The molecule has 0 saturated carbocycles. The second-order valence-electron chi connectivity index (χ2n) is 1.03. The minimum Gasteiger partial charge on any atom is -0.153 e. The minimum atomic E-state index is 0. The Morgan fingerprint density at radius 1 is 1.50 bits per heavy atom. The molecule has 0 aliphatic rings. The topological polar surface area (TPSA) is 0 Å². The molecule has 0 radical (unpaired) electrons. The van der Waals surface area contributed by atoms with Gasteiger partial charge in [0.25, 0.3) is 0 Å². The molecule has 0 nitrogen and oxygen atoms in total. The smallest absolute Gasteiger partial charge is 0.153 e. The van der Waals surface area contributed by atoms with Crippen LogP contribution in [0.5, 0.6) is 0 Å². The van der Waals surface area contributed by atoms with Crippen LogP contribution in [-0.4, -0.2) is 0 Å². The summed E-state index contributed by atoms with van der Waals surface area (Å²) in [7, 11) is 0. The third-order valence-electron chi connectivity index (χ3n) is 0.479. The van der Waals surface area contributed by atoms with Crippen LogP contribution in [0.3, 0.4) is 0 Å². The molecule has 1 unspecified atom stereocenters. The maximum absolute atomic E-state index is 2.62. The zero-order valence-corrected chi connectivity index (χ0v) is 7.33. The van der Waals surface area contributed by atoms with E-state index < -0.39 is 0 Å². The Kier molecular flexibility index (Phi) is 15.9. The summed E-state index contributed by atoms with van der Waals surface area (Å²) in [5, 5.41) is 1.27. The van der Waals surface area contributed by atoms with Crippen LogP contribution in [0.25, 0.3) is 0 Å². The predicted molar refractivity (Wildman–Crippen MR) is 30.8 cm³/mol. The van der Waals surface area contributed by atoms with Gasteiger partial charge in [-0.2, -0.15) is 9.90 Å². The molecule has 0 spiro atoms. The van der Waals surface area contributed by atoms with E-state index >= 15 is 0 Å². The van der Waals surface area contributed by atoms with Crippen molar-refractivity contribution in [1.82, 2.24) is 0 Å². The van der Waals surface area contributed by atoms with Crippen molar-refractivity contribution in [1.29, 1.82) is 0 Å². The summed E-state index contributed by atoms with van der Waals surface area (Å²) in [6.07, 6.45) is 2.68. The van der Waals surface area contributed by atoms with Crippen molar-refractivity contribution >= 4 is 9.90 Å². The van der Waals surface area contributed by atoms with Crippen LogP contribution in [0.2, 0.25) is 5.02 Å². The predicted octanol–water partition coefficient (Wildman–Crippen LogP) is 1.81. The van der Waals surface area contributed by atoms with Gasteiger partial charge in [0.15, 0.2) is 0 Å². The van der Waals surface area contributed by atoms with E-state index in [1.165, 1.54) is 17.9 Å². The number of rotatable bonds is 2. The quantitative estimate of drug-likeness (QED) is 0.462. The summed E-state index contributed by atoms with van der Waals surface area (Å²) in [6, 6.07) is 0. The van der Waals surface area contributed by atoms with Crippen molar-refractivity contribution in [3.8, 4) is 0 Å². The minimum absolute atomic E-state index is 0. The van der Waals surface area contributed by atoms with Gasteiger partial charge in [-0.05, 0) is 0 Å². The molecule has 41 valence electrons. The van der Waals surface area contributed by atoms with Crippen molar-refractivity contribution in [3.63, 3.8) is 0 Å². The Morgan fingerprint density at radius 3 is 2.00 bits per heavy atom. The first-order valence-corrected chi connectivity index (χ1v) is 3.19. The van der Waals surface area contributed by atoms with Crippen molar-refractivity contribution in [2.75, 3.05) is 0 Å². The first-order valence-electron chi connectivity index (χ1n) is 1.96. The molecule has 0 fully saturated rings. The van der Waals surface area contributed by atoms with Crippen LogP contribution < -0.4 is 0 Å². The Hall–Kier alpha value is 1.05. The fraction of sp³-hybridized carbons (Fsp3) is 1.00. The molecule has 0 aliphatic carbocycles.